The zero-order valence-corrected chi connectivity index (χ0v) is 21.3. The lowest BCUT2D eigenvalue weighted by molar-refractivity contribution is -0.142. The molecule has 0 N–H and O–H groups in total. The first kappa shape index (κ1) is 25.8. The molecule has 2 aromatic heterocycles. The average Bonchev–Trinajstić information content (AvgIpc) is 3.19. The first-order valence-electron chi connectivity index (χ1n) is 12.5. The molecule has 3 aromatic rings. The number of rotatable bonds is 2. The first-order valence-corrected chi connectivity index (χ1v) is 12.5. The number of fused-ring (bicyclic) bond motifs is 1. The topological polar surface area (TPSA) is 62.7 Å². The van der Waals surface area contributed by atoms with Crippen LogP contribution >= 0.6 is 0 Å². The van der Waals surface area contributed by atoms with Crippen LogP contribution in [0.4, 0.5) is 37.1 Å². The molecular weight excluding hydrogens is 528 g/mol. The van der Waals surface area contributed by atoms with Gasteiger partial charge < -0.3 is 14.5 Å². The highest BCUT2D eigenvalue weighted by molar-refractivity contribution is 5.79. The molecule has 1 aliphatic carbocycles. The number of hydrogen-bond donors (Lipinski definition) is 0. The SMILES string of the molecule is CC(C)(C)OC(=O)N1C[C@@H]2CC[C@]3(C1)[C@H]2N3c1nc2c(-c3ccc(C(F)(F)F)cc3)ccc(C(F)(F)F)n2n1. The first-order chi connectivity index (χ1) is 18.1. The number of nitrogens with zero attached hydrogens (tertiary/aromatic N) is 5. The van der Waals surface area contributed by atoms with E-state index in [4.69, 9.17) is 4.74 Å². The maximum absolute atomic E-state index is 13.9. The van der Waals surface area contributed by atoms with Gasteiger partial charge in [-0.05, 0) is 69.4 Å². The van der Waals surface area contributed by atoms with Gasteiger partial charge >= 0.3 is 18.4 Å². The third-order valence-electron chi connectivity index (χ3n) is 7.71. The van der Waals surface area contributed by atoms with Crippen LogP contribution in [0.5, 0.6) is 0 Å². The van der Waals surface area contributed by atoms with Gasteiger partial charge in [0.1, 0.15) is 11.3 Å². The summed E-state index contributed by atoms with van der Waals surface area (Å²) in [4.78, 5) is 20.8. The van der Waals surface area contributed by atoms with Crippen molar-refractivity contribution in [3.8, 4) is 11.1 Å². The van der Waals surface area contributed by atoms with Gasteiger partial charge in [0.25, 0.3) is 0 Å². The Hall–Kier alpha value is -3.51. The number of pyridine rings is 1. The number of halogens is 6. The van der Waals surface area contributed by atoms with E-state index < -0.39 is 40.8 Å². The van der Waals surface area contributed by atoms with Gasteiger partial charge in [0.15, 0.2) is 5.65 Å². The van der Waals surface area contributed by atoms with Crippen LogP contribution in [0.15, 0.2) is 36.4 Å². The second-order valence-corrected chi connectivity index (χ2v) is 11.4. The van der Waals surface area contributed by atoms with Crippen molar-refractivity contribution in [2.24, 2.45) is 5.92 Å². The molecule has 1 aromatic carbocycles. The number of aromatic nitrogens is 3. The molecule has 2 saturated heterocycles. The highest BCUT2D eigenvalue weighted by Crippen LogP contribution is 2.60. The monoisotopic (exact) mass is 553 g/mol. The van der Waals surface area contributed by atoms with E-state index in [0.29, 0.717) is 17.6 Å². The molecular formula is C26H25F6N5O2. The van der Waals surface area contributed by atoms with Crippen LogP contribution in [0, 0.1) is 5.92 Å². The number of hydrogen-bond acceptors (Lipinski definition) is 5. The Balaban J connectivity index is 1.38. The van der Waals surface area contributed by atoms with Crippen LogP contribution in [0.3, 0.4) is 0 Å². The van der Waals surface area contributed by atoms with E-state index in [1.54, 1.807) is 25.7 Å². The van der Waals surface area contributed by atoms with E-state index >= 15 is 0 Å². The average molecular weight is 554 g/mol. The van der Waals surface area contributed by atoms with Gasteiger partial charge in [-0.2, -0.15) is 31.3 Å². The minimum absolute atomic E-state index is 0.0162. The maximum Gasteiger partial charge on any atom is 0.433 e. The third-order valence-corrected chi connectivity index (χ3v) is 7.71. The predicted molar refractivity (Wildman–Crippen MR) is 128 cm³/mol. The summed E-state index contributed by atoms with van der Waals surface area (Å²) in [5.41, 5.74) is -2.68. The summed E-state index contributed by atoms with van der Waals surface area (Å²) in [6, 6.07) is 6.20. The zero-order chi connectivity index (χ0) is 28.1. The fourth-order valence-corrected chi connectivity index (χ4v) is 6.15. The molecule has 3 aliphatic rings. The second kappa shape index (κ2) is 8.01. The van der Waals surface area contributed by atoms with Crippen LogP contribution in [-0.4, -0.2) is 55.9 Å². The van der Waals surface area contributed by atoms with Crippen molar-refractivity contribution in [1.82, 2.24) is 19.5 Å². The number of anilines is 1. The van der Waals surface area contributed by atoms with Gasteiger partial charge in [0.05, 0.1) is 17.1 Å². The minimum atomic E-state index is -4.74. The standard InChI is InChI=1S/C26H25F6N5O2/c1-23(2,3)39-22(38)35-12-15-10-11-24(13-35)19(15)36(24)21-33-20-17(8-9-18(26(30,31)32)37(20)34-21)14-4-6-16(7-5-14)25(27,28)29/h4-9,15,19H,10-13H2,1-3H3/t15-,19-,24-,36?/m0/s1. The molecule has 4 heterocycles. The summed E-state index contributed by atoms with van der Waals surface area (Å²) < 4.78 is 87.1. The Morgan fingerprint density at radius 1 is 1.00 bits per heavy atom. The van der Waals surface area contributed by atoms with E-state index in [2.05, 4.69) is 10.1 Å². The predicted octanol–water partition coefficient (Wildman–Crippen LogP) is 6.02. The van der Waals surface area contributed by atoms with Gasteiger partial charge in [-0.15, -0.1) is 5.10 Å². The maximum atomic E-state index is 13.9. The van der Waals surface area contributed by atoms with E-state index in [1.807, 2.05) is 4.90 Å². The number of piperidine rings is 2. The summed E-state index contributed by atoms with van der Waals surface area (Å²) in [5, 5.41) is 4.25. The summed E-state index contributed by atoms with van der Waals surface area (Å²) in [6.07, 6.45) is -8.13. The number of carbonyl (C=O) groups is 1. The molecule has 3 fully saturated rings. The molecule has 0 unspecified atom stereocenters. The molecule has 1 amide bonds. The van der Waals surface area contributed by atoms with E-state index in [-0.39, 0.29) is 34.7 Å². The Morgan fingerprint density at radius 3 is 2.31 bits per heavy atom. The molecule has 0 spiro atoms. The minimum Gasteiger partial charge on any atom is -0.444 e. The zero-order valence-electron chi connectivity index (χ0n) is 21.3. The number of benzene rings is 1. The quantitative estimate of drug-likeness (QED) is 0.287. The van der Waals surface area contributed by atoms with Crippen LogP contribution in [-0.2, 0) is 17.1 Å². The molecule has 0 radical (unpaired) electrons. The fraction of sp³-hybridized carbons (Fsp3) is 0.500. The van der Waals surface area contributed by atoms with Crippen molar-refractivity contribution in [2.75, 3.05) is 18.0 Å². The molecule has 1 saturated carbocycles. The van der Waals surface area contributed by atoms with Gasteiger partial charge in [0.2, 0.25) is 5.95 Å². The summed E-state index contributed by atoms with van der Waals surface area (Å²) >= 11 is 0. The number of ether oxygens (including phenoxy) is 1. The van der Waals surface area contributed by atoms with E-state index in [9.17, 15) is 31.1 Å². The van der Waals surface area contributed by atoms with Gasteiger partial charge in [-0.1, -0.05) is 12.1 Å². The fourth-order valence-electron chi connectivity index (χ4n) is 6.15. The van der Waals surface area contributed by atoms with Crippen molar-refractivity contribution in [2.45, 2.75) is 63.1 Å². The molecule has 13 heteroatoms. The second-order valence-electron chi connectivity index (χ2n) is 11.4. The summed E-state index contributed by atoms with van der Waals surface area (Å²) in [5.74, 6) is 0.190. The number of likely N-dealkylation sites (tertiary alicyclic amines) is 1. The third kappa shape index (κ3) is 4.17. The van der Waals surface area contributed by atoms with Crippen LogP contribution < -0.4 is 4.90 Å². The lowest BCUT2D eigenvalue weighted by Gasteiger charge is -2.31. The molecule has 208 valence electrons. The highest BCUT2D eigenvalue weighted by Gasteiger charge is 2.73. The van der Waals surface area contributed by atoms with Crippen molar-refractivity contribution in [1.29, 1.82) is 0 Å². The van der Waals surface area contributed by atoms with Crippen molar-refractivity contribution in [3.05, 3.63) is 47.7 Å². The molecule has 2 bridgehead atoms. The van der Waals surface area contributed by atoms with Crippen LogP contribution in [0.1, 0.15) is 44.9 Å². The number of carbonyl (C=O) groups excluding carboxylic acids is 1. The Kier molecular flexibility index (Phi) is 5.29. The molecule has 39 heavy (non-hydrogen) atoms. The summed E-state index contributed by atoms with van der Waals surface area (Å²) in [7, 11) is 0. The molecule has 3 atom stereocenters. The Labute approximate surface area is 219 Å². The molecule has 6 rings (SSSR count). The smallest absolute Gasteiger partial charge is 0.433 e. The van der Waals surface area contributed by atoms with E-state index in [1.165, 1.54) is 18.2 Å². The Bertz CT molecular complexity index is 1460. The van der Waals surface area contributed by atoms with Gasteiger partial charge in [-0.25, -0.2) is 9.31 Å². The largest absolute Gasteiger partial charge is 0.444 e. The van der Waals surface area contributed by atoms with Crippen molar-refractivity contribution in [3.63, 3.8) is 0 Å². The number of amides is 1. The van der Waals surface area contributed by atoms with Crippen molar-refractivity contribution >= 4 is 17.7 Å². The van der Waals surface area contributed by atoms with E-state index in [0.717, 1.165) is 31.0 Å². The van der Waals surface area contributed by atoms with Crippen LogP contribution in [0.2, 0.25) is 0 Å². The Morgan fingerprint density at radius 2 is 1.69 bits per heavy atom. The molecule has 2 aliphatic heterocycles. The van der Waals surface area contributed by atoms with Crippen molar-refractivity contribution < 1.29 is 35.9 Å². The normalized spacial score (nSPS) is 24.7. The van der Waals surface area contributed by atoms with Gasteiger partial charge in [0, 0.05) is 18.7 Å². The lowest BCUT2D eigenvalue weighted by atomic mass is 9.99. The number of alkyl halides is 6. The molecule has 7 nitrogen and oxygen atoms in total. The summed E-state index contributed by atoms with van der Waals surface area (Å²) in [6.45, 7) is 6.15. The lowest BCUT2D eigenvalue weighted by Crippen LogP contribution is -2.47. The van der Waals surface area contributed by atoms with Crippen LogP contribution in [0.25, 0.3) is 16.8 Å². The van der Waals surface area contributed by atoms with Gasteiger partial charge in [-0.3, -0.25) is 0 Å². The highest BCUT2D eigenvalue weighted by atomic mass is 19.4.